The van der Waals surface area contributed by atoms with Crippen LogP contribution in [0.1, 0.15) is 25.3 Å². The number of benzene rings is 1. The van der Waals surface area contributed by atoms with E-state index in [2.05, 4.69) is 23.0 Å². The van der Waals surface area contributed by atoms with Crippen molar-refractivity contribution in [3.63, 3.8) is 0 Å². The molecule has 1 heterocycles. The molecule has 0 amide bonds. The standard InChI is InChI=1S/C15H20N2O2S/c1-15(13-8-16-9-14(13)15)10-3-2-4-11(7-10)17-20(18,19)12-5-6-12/h2-4,7,12-14,16-17H,5-6,8-9H2,1H3/t13-,14+,15?. The maximum absolute atomic E-state index is 12.0. The number of hydrogen-bond acceptors (Lipinski definition) is 3. The smallest absolute Gasteiger partial charge is 0.235 e. The van der Waals surface area contributed by atoms with Gasteiger partial charge < -0.3 is 5.32 Å². The largest absolute Gasteiger partial charge is 0.316 e. The molecule has 1 unspecified atom stereocenters. The quantitative estimate of drug-likeness (QED) is 0.888. The van der Waals surface area contributed by atoms with E-state index in [9.17, 15) is 8.42 Å². The van der Waals surface area contributed by atoms with Crippen molar-refractivity contribution in [1.29, 1.82) is 0 Å². The predicted molar refractivity (Wildman–Crippen MR) is 79.2 cm³/mol. The van der Waals surface area contributed by atoms with Crippen molar-refractivity contribution in [3.05, 3.63) is 29.8 Å². The SMILES string of the molecule is CC1(c2cccc(NS(=O)(=O)C3CC3)c2)[C@@H]2CNC[C@@H]21. The molecule has 3 aliphatic rings. The second-order valence-electron chi connectivity index (χ2n) is 6.58. The van der Waals surface area contributed by atoms with Gasteiger partial charge in [0.15, 0.2) is 0 Å². The number of piperidine rings is 1. The Labute approximate surface area is 120 Å². The Kier molecular flexibility index (Phi) is 2.52. The Morgan fingerprint density at radius 2 is 1.95 bits per heavy atom. The third-order valence-corrected chi connectivity index (χ3v) is 7.22. The highest BCUT2D eigenvalue weighted by Crippen LogP contribution is 2.61. The molecular formula is C15H20N2O2S. The Balaban J connectivity index is 1.59. The van der Waals surface area contributed by atoms with E-state index < -0.39 is 10.0 Å². The summed E-state index contributed by atoms with van der Waals surface area (Å²) in [6, 6.07) is 7.97. The molecule has 20 heavy (non-hydrogen) atoms. The van der Waals surface area contributed by atoms with Crippen molar-refractivity contribution in [1.82, 2.24) is 5.32 Å². The van der Waals surface area contributed by atoms with Gasteiger partial charge in [-0.15, -0.1) is 0 Å². The van der Waals surface area contributed by atoms with Crippen molar-refractivity contribution >= 4 is 15.7 Å². The maximum Gasteiger partial charge on any atom is 0.235 e. The first kappa shape index (κ1) is 12.7. The highest BCUT2D eigenvalue weighted by molar-refractivity contribution is 7.93. The number of fused-ring (bicyclic) bond motifs is 1. The third-order valence-electron chi connectivity index (χ3n) is 5.35. The average molecular weight is 292 g/mol. The van der Waals surface area contributed by atoms with Crippen molar-refractivity contribution in [2.24, 2.45) is 11.8 Å². The molecule has 2 aliphatic carbocycles. The molecule has 108 valence electrons. The lowest BCUT2D eigenvalue weighted by Crippen LogP contribution is -2.23. The van der Waals surface area contributed by atoms with Crippen LogP contribution >= 0.6 is 0 Å². The van der Waals surface area contributed by atoms with Gasteiger partial charge in [0.2, 0.25) is 10.0 Å². The first-order chi connectivity index (χ1) is 9.52. The summed E-state index contributed by atoms with van der Waals surface area (Å²) in [5.41, 5.74) is 2.21. The zero-order valence-corrected chi connectivity index (χ0v) is 12.4. The fraction of sp³-hybridized carbons (Fsp3) is 0.600. The number of rotatable bonds is 4. The van der Waals surface area contributed by atoms with Crippen LogP contribution in [0.15, 0.2) is 24.3 Å². The zero-order valence-electron chi connectivity index (χ0n) is 11.6. The summed E-state index contributed by atoms with van der Waals surface area (Å²) in [6.45, 7) is 4.47. The highest BCUT2D eigenvalue weighted by Gasteiger charge is 2.63. The van der Waals surface area contributed by atoms with E-state index in [-0.39, 0.29) is 10.7 Å². The molecule has 1 saturated heterocycles. The maximum atomic E-state index is 12.0. The fourth-order valence-electron chi connectivity index (χ4n) is 3.77. The van der Waals surface area contributed by atoms with Gasteiger partial charge in [-0.2, -0.15) is 0 Å². The van der Waals surface area contributed by atoms with Crippen molar-refractivity contribution in [2.45, 2.75) is 30.4 Å². The molecule has 1 aromatic rings. The van der Waals surface area contributed by atoms with Crippen LogP contribution in [0, 0.1) is 11.8 Å². The number of hydrogen-bond donors (Lipinski definition) is 2. The van der Waals surface area contributed by atoms with Gasteiger partial charge in [0.25, 0.3) is 0 Å². The number of sulfonamides is 1. The molecule has 0 radical (unpaired) electrons. The summed E-state index contributed by atoms with van der Waals surface area (Å²) in [5, 5.41) is 3.24. The summed E-state index contributed by atoms with van der Waals surface area (Å²) in [5.74, 6) is 1.41. The normalized spacial score (nSPS) is 35.6. The van der Waals surface area contributed by atoms with Crippen LogP contribution in [0.2, 0.25) is 0 Å². The molecule has 3 fully saturated rings. The molecule has 1 aliphatic heterocycles. The summed E-state index contributed by atoms with van der Waals surface area (Å²) in [7, 11) is -3.16. The second kappa shape index (κ2) is 3.98. The summed E-state index contributed by atoms with van der Waals surface area (Å²) >= 11 is 0. The van der Waals surface area contributed by atoms with Gasteiger partial charge in [-0.3, -0.25) is 4.72 Å². The number of anilines is 1. The van der Waals surface area contributed by atoms with Gasteiger partial charge in [0.05, 0.1) is 5.25 Å². The van der Waals surface area contributed by atoms with E-state index in [0.29, 0.717) is 17.5 Å². The zero-order chi connectivity index (χ0) is 14.0. The van der Waals surface area contributed by atoms with Gasteiger partial charge in [-0.1, -0.05) is 19.1 Å². The monoisotopic (exact) mass is 292 g/mol. The first-order valence-electron chi connectivity index (χ1n) is 7.35. The van der Waals surface area contributed by atoms with Gasteiger partial charge in [-0.25, -0.2) is 8.42 Å². The Morgan fingerprint density at radius 1 is 1.25 bits per heavy atom. The van der Waals surface area contributed by atoms with E-state index in [1.165, 1.54) is 5.56 Å². The van der Waals surface area contributed by atoms with Crippen molar-refractivity contribution < 1.29 is 8.42 Å². The van der Waals surface area contributed by atoms with Gasteiger partial charge in [-0.05, 0) is 55.5 Å². The van der Waals surface area contributed by atoms with Gasteiger partial charge in [0.1, 0.15) is 0 Å². The highest BCUT2D eigenvalue weighted by atomic mass is 32.2. The Hall–Kier alpha value is -1.07. The molecule has 4 nitrogen and oxygen atoms in total. The summed E-state index contributed by atoms with van der Waals surface area (Å²) in [4.78, 5) is 0. The molecular weight excluding hydrogens is 272 g/mol. The van der Waals surface area contributed by atoms with E-state index in [4.69, 9.17) is 0 Å². The van der Waals surface area contributed by atoms with Gasteiger partial charge >= 0.3 is 0 Å². The lowest BCUT2D eigenvalue weighted by atomic mass is 9.92. The van der Waals surface area contributed by atoms with Crippen molar-refractivity contribution in [2.75, 3.05) is 17.8 Å². The molecule has 5 heteroatoms. The Morgan fingerprint density at radius 3 is 2.60 bits per heavy atom. The van der Waals surface area contributed by atoms with Crippen LogP contribution in [-0.4, -0.2) is 26.8 Å². The fourth-order valence-corrected chi connectivity index (χ4v) is 5.15. The minimum atomic E-state index is -3.16. The van der Waals surface area contributed by atoms with Crippen LogP contribution in [0.3, 0.4) is 0 Å². The van der Waals surface area contributed by atoms with Crippen LogP contribution < -0.4 is 10.0 Å². The van der Waals surface area contributed by atoms with Crippen LogP contribution in [0.5, 0.6) is 0 Å². The molecule has 0 aromatic heterocycles. The minimum absolute atomic E-state index is 0.175. The lowest BCUT2D eigenvalue weighted by Gasteiger charge is -2.17. The lowest BCUT2D eigenvalue weighted by molar-refractivity contribution is 0.558. The van der Waals surface area contributed by atoms with Crippen molar-refractivity contribution in [3.8, 4) is 0 Å². The van der Waals surface area contributed by atoms with E-state index in [0.717, 1.165) is 25.9 Å². The van der Waals surface area contributed by atoms with Crippen LogP contribution in [0.4, 0.5) is 5.69 Å². The molecule has 0 spiro atoms. The van der Waals surface area contributed by atoms with Crippen LogP contribution in [-0.2, 0) is 15.4 Å². The molecule has 3 atom stereocenters. The number of nitrogens with one attached hydrogen (secondary N) is 2. The summed E-state index contributed by atoms with van der Waals surface area (Å²) < 4.78 is 26.8. The molecule has 1 aromatic carbocycles. The van der Waals surface area contributed by atoms with E-state index in [1.807, 2.05) is 18.2 Å². The Bertz CT molecular complexity index is 642. The van der Waals surface area contributed by atoms with E-state index >= 15 is 0 Å². The van der Waals surface area contributed by atoms with E-state index in [1.54, 1.807) is 0 Å². The third kappa shape index (κ3) is 1.79. The molecule has 2 N–H and O–H groups in total. The topological polar surface area (TPSA) is 58.2 Å². The molecule has 2 saturated carbocycles. The minimum Gasteiger partial charge on any atom is -0.316 e. The molecule has 0 bridgehead atoms. The summed E-state index contributed by atoms with van der Waals surface area (Å²) in [6.07, 6.45) is 1.59. The van der Waals surface area contributed by atoms with Gasteiger partial charge in [0, 0.05) is 11.1 Å². The molecule has 4 rings (SSSR count). The first-order valence-corrected chi connectivity index (χ1v) is 8.89. The average Bonchev–Trinajstić information content (AvgIpc) is 3.29. The predicted octanol–water partition coefficient (Wildman–Crippen LogP) is 1.70. The van der Waals surface area contributed by atoms with Crippen LogP contribution in [0.25, 0.3) is 0 Å². The second-order valence-corrected chi connectivity index (χ2v) is 8.54.